The Morgan fingerprint density at radius 3 is 2.00 bits per heavy atom. The first kappa shape index (κ1) is 7.19. The highest BCUT2D eigenvalue weighted by Gasteiger charge is 2.02. The van der Waals surface area contributed by atoms with Crippen LogP contribution in [0.15, 0.2) is 0 Å². The average molecular weight is 122 g/mol. The minimum Gasteiger partial charge on any atom is -0.377 e. The van der Waals surface area contributed by atoms with Crippen LogP contribution >= 0.6 is 7.14 Å². The molecule has 7 heavy (non-hydrogen) atoms. The molecule has 0 rings (SSSR count). The van der Waals surface area contributed by atoms with Crippen LogP contribution in [0.1, 0.15) is 0 Å². The number of rotatable bonds is 2. The molecular weight excluding hydrogens is 111 g/mol. The van der Waals surface area contributed by atoms with Gasteiger partial charge in [-0.15, -0.1) is 0 Å². The number of hydrogen-bond acceptors (Lipinski definition) is 2. The molecule has 0 spiro atoms. The summed E-state index contributed by atoms with van der Waals surface area (Å²) in [5, 5.41) is 0. The normalized spacial score (nSPS) is 11.9. The van der Waals surface area contributed by atoms with Gasteiger partial charge in [0.15, 0.2) is 0 Å². The molecule has 0 aliphatic heterocycles. The summed E-state index contributed by atoms with van der Waals surface area (Å²) >= 11 is 0. The van der Waals surface area contributed by atoms with Crippen LogP contribution in [0.5, 0.6) is 0 Å². The highest BCUT2D eigenvalue weighted by atomic mass is 31.2. The summed E-state index contributed by atoms with van der Waals surface area (Å²) in [6.45, 7) is 3.41. The molecule has 0 aliphatic carbocycles. The third-order valence-electron chi connectivity index (χ3n) is 0.440. The maximum Gasteiger partial charge on any atom is 0.106 e. The van der Waals surface area contributed by atoms with Gasteiger partial charge in [-0.1, -0.05) is 0 Å². The second kappa shape index (κ2) is 2.49. The second-order valence-corrected chi connectivity index (χ2v) is 5.40. The Hall–Kier alpha value is 0.190. The summed E-state index contributed by atoms with van der Waals surface area (Å²) in [6.07, 6.45) is 0.396. The van der Waals surface area contributed by atoms with Gasteiger partial charge in [0, 0.05) is 7.11 Å². The molecule has 0 amide bonds. The van der Waals surface area contributed by atoms with Crippen LogP contribution in [0.4, 0.5) is 0 Å². The summed E-state index contributed by atoms with van der Waals surface area (Å²) in [5.41, 5.74) is 0. The van der Waals surface area contributed by atoms with Crippen molar-refractivity contribution in [1.29, 1.82) is 0 Å². The number of ether oxygens (including phenoxy) is 1. The van der Waals surface area contributed by atoms with Gasteiger partial charge >= 0.3 is 0 Å². The van der Waals surface area contributed by atoms with Crippen LogP contribution in [0.25, 0.3) is 0 Å². The van der Waals surface area contributed by atoms with Crippen molar-refractivity contribution in [3.63, 3.8) is 0 Å². The molecule has 44 valence electrons. The lowest BCUT2D eigenvalue weighted by atomic mass is 11.5. The zero-order valence-corrected chi connectivity index (χ0v) is 5.87. The molecule has 0 N–H and O–H groups in total. The minimum absolute atomic E-state index is 0.396. The van der Waals surface area contributed by atoms with E-state index < -0.39 is 7.14 Å². The second-order valence-electron chi connectivity index (χ2n) is 1.99. The molecule has 0 unspecified atom stereocenters. The minimum atomic E-state index is -1.89. The fourth-order valence-electron chi connectivity index (χ4n) is 0.311. The van der Waals surface area contributed by atoms with Gasteiger partial charge in [0.1, 0.15) is 7.14 Å². The van der Waals surface area contributed by atoms with Gasteiger partial charge in [-0.25, -0.2) is 0 Å². The van der Waals surface area contributed by atoms with Crippen molar-refractivity contribution in [2.75, 3.05) is 26.8 Å². The predicted molar refractivity (Wildman–Crippen MR) is 31.3 cm³/mol. The molecule has 0 heterocycles. The largest absolute Gasteiger partial charge is 0.377 e. The first-order valence-corrected chi connectivity index (χ1v) is 4.88. The van der Waals surface area contributed by atoms with Gasteiger partial charge < -0.3 is 9.30 Å². The molecule has 0 fully saturated rings. The van der Waals surface area contributed by atoms with Crippen molar-refractivity contribution in [2.24, 2.45) is 0 Å². The van der Waals surface area contributed by atoms with E-state index in [0.29, 0.717) is 6.35 Å². The highest BCUT2D eigenvalue weighted by Crippen LogP contribution is 2.34. The molecule has 2 nitrogen and oxygen atoms in total. The molecule has 0 bridgehead atoms. The third-order valence-corrected chi connectivity index (χ3v) is 1.32. The van der Waals surface area contributed by atoms with Crippen LogP contribution < -0.4 is 0 Å². The third kappa shape index (κ3) is 6.19. The maximum absolute atomic E-state index is 10.7. The standard InChI is InChI=1S/C4H11O2P/c1-6-4-7(2,3)5/h4H2,1-3H3. The fraction of sp³-hybridized carbons (Fsp3) is 1.00. The Morgan fingerprint density at radius 1 is 1.57 bits per heavy atom. The Kier molecular flexibility index (Phi) is 2.55. The topological polar surface area (TPSA) is 26.3 Å². The Bertz CT molecular complexity index is 83.7. The van der Waals surface area contributed by atoms with Gasteiger partial charge in [-0.3, -0.25) is 0 Å². The van der Waals surface area contributed by atoms with Crippen molar-refractivity contribution in [2.45, 2.75) is 0 Å². The molecule has 3 heteroatoms. The SMILES string of the molecule is COCP(C)(C)=O. The summed E-state index contributed by atoms with van der Waals surface area (Å²) in [6, 6.07) is 0. The van der Waals surface area contributed by atoms with Gasteiger partial charge in [0.2, 0.25) is 0 Å². The lowest BCUT2D eigenvalue weighted by Crippen LogP contribution is -1.86. The van der Waals surface area contributed by atoms with E-state index in [1.807, 2.05) is 0 Å². The predicted octanol–water partition coefficient (Wildman–Crippen LogP) is 1.21. The van der Waals surface area contributed by atoms with Crippen molar-refractivity contribution in [3.8, 4) is 0 Å². The highest BCUT2D eigenvalue weighted by molar-refractivity contribution is 7.62. The molecule has 0 aromatic rings. The molecule has 0 saturated carbocycles. The molecule has 0 atom stereocenters. The first-order valence-electron chi connectivity index (χ1n) is 2.09. The van der Waals surface area contributed by atoms with Crippen LogP contribution in [0.2, 0.25) is 0 Å². The van der Waals surface area contributed by atoms with Crippen molar-refractivity contribution in [1.82, 2.24) is 0 Å². The smallest absolute Gasteiger partial charge is 0.106 e. The fourth-order valence-corrected chi connectivity index (χ4v) is 0.933. The van der Waals surface area contributed by atoms with E-state index in [9.17, 15) is 4.57 Å². The lowest BCUT2D eigenvalue weighted by molar-refractivity contribution is 0.250. The summed E-state index contributed by atoms with van der Waals surface area (Å²) < 4.78 is 15.3. The molecule has 0 aliphatic rings. The van der Waals surface area contributed by atoms with Crippen LogP contribution in [-0.2, 0) is 9.30 Å². The van der Waals surface area contributed by atoms with E-state index in [0.717, 1.165) is 0 Å². The van der Waals surface area contributed by atoms with E-state index in [1.54, 1.807) is 20.4 Å². The van der Waals surface area contributed by atoms with E-state index in [2.05, 4.69) is 4.74 Å². The quantitative estimate of drug-likeness (QED) is 0.514. The van der Waals surface area contributed by atoms with Crippen molar-refractivity contribution in [3.05, 3.63) is 0 Å². The monoisotopic (exact) mass is 122 g/mol. The van der Waals surface area contributed by atoms with Crippen LogP contribution in [0.3, 0.4) is 0 Å². The zero-order chi connectivity index (χ0) is 5.91. The lowest BCUT2D eigenvalue weighted by Gasteiger charge is -2.01. The summed E-state index contributed by atoms with van der Waals surface area (Å²) in [7, 11) is -0.333. The van der Waals surface area contributed by atoms with Crippen LogP contribution in [0, 0.1) is 0 Å². The van der Waals surface area contributed by atoms with Gasteiger partial charge in [-0.2, -0.15) is 0 Å². The Balaban J connectivity index is 3.36. The maximum atomic E-state index is 10.7. The van der Waals surface area contributed by atoms with E-state index in [-0.39, 0.29) is 0 Å². The van der Waals surface area contributed by atoms with E-state index in [4.69, 9.17) is 0 Å². The van der Waals surface area contributed by atoms with Crippen LogP contribution in [-0.4, -0.2) is 26.8 Å². The van der Waals surface area contributed by atoms with Gasteiger partial charge in [0.25, 0.3) is 0 Å². The zero-order valence-electron chi connectivity index (χ0n) is 4.97. The Labute approximate surface area is 44.2 Å². The number of hydrogen-bond donors (Lipinski definition) is 0. The van der Waals surface area contributed by atoms with E-state index in [1.165, 1.54) is 0 Å². The van der Waals surface area contributed by atoms with Gasteiger partial charge in [0.05, 0.1) is 6.35 Å². The van der Waals surface area contributed by atoms with Crippen molar-refractivity contribution < 1.29 is 9.30 Å². The molecule has 0 saturated heterocycles. The van der Waals surface area contributed by atoms with E-state index >= 15 is 0 Å². The summed E-state index contributed by atoms with van der Waals surface area (Å²) in [5.74, 6) is 0. The number of methoxy groups -OCH3 is 1. The van der Waals surface area contributed by atoms with Crippen molar-refractivity contribution >= 4 is 7.14 Å². The molecule has 0 aromatic heterocycles. The van der Waals surface area contributed by atoms with Gasteiger partial charge in [-0.05, 0) is 13.3 Å². The molecule has 0 radical (unpaired) electrons. The average Bonchev–Trinajstić information content (AvgIpc) is 1.30. The summed E-state index contributed by atoms with van der Waals surface area (Å²) in [4.78, 5) is 0. The molecule has 0 aromatic carbocycles. The Morgan fingerprint density at radius 2 is 2.00 bits per heavy atom. The molecular formula is C4H11O2P. The first-order chi connectivity index (χ1) is 3.06.